The quantitative estimate of drug-likeness (QED) is 0.702. The van der Waals surface area contributed by atoms with Gasteiger partial charge in [-0.25, -0.2) is 13.2 Å². The largest absolute Gasteiger partial charge is 0.387 e. The Hall–Kier alpha value is -2.87. The van der Waals surface area contributed by atoms with E-state index in [9.17, 15) is 27.9 Å². The van der Waals surface area contributed by atoms with E-state index in [1.54, 1.807) is 0 Å². The van der Waals surface area contributed by atoms with Gasteiger partial charge in [0.1, 0.15) is 17.5 Å². The summed E-state index contributed by atoms with van der Waals surface area (Å²) in [5, 5.41) is 14.7. The third-order valence-electron chi connectivity index (χ3n) is 3.56. The van der Waals surface area contributed by atoms with E-state index in [2.05, 4.69) is 10.6 Å². The van der Waals surface area contributed by atoms with Crippen molar-refractivity contribution in [2.75, 3.05) is 13.1 Å². The molecule has 0 aliphatic carbocycles. The van der Waals surface area contributed by atoms with Crippen LogP contribution in [-0.2, 0) is 4.79 Å². The minimum absolute atomic E-state index is 0.0614. The number of hydrogen-bond acceptors (Lipinski definition) is 3. The molecule has 0 aromatic heterocycles. The molecule has 1 atom stereocenters. The molecule has 0 aliphatic heterocycles. The monoisotopic (exact) mass is 366 g/mol. The van der Waals surface area contributed by atoms with Gasteiger partial charge < -0.3 is 15.7 Å². The van der Waals surface area contributed by atoms with Gasteiger partial charge in [-0.3, -0.25) is 9.59 Å². The number of aliphatic hydroxyl groups excluding tert-OH is 1. The maximum absolute atomic E-state index is 13.5. The number of aliphatic hydroxyl groups is 1. The first-order valence-electron chi connectivity index (χ1n) is 7.80. The predicted molar refractivity (Wildman–Crippen MR) is 87.7 cm³/mol. The van der Waals surface area contributed by atoms with E-state index < -0.39 is 35.4 Å². The van der Waals surface area contributed by atoms with Crippen molar-refractivity contribution in [1.29, 1.82) is 0 Å². The molecule has 2 rings (SSSR count). The summed E-state index contributed by atoms with van der Waals surface area (Å²) in [5.74, 6) is -3.42. The van der Waals surface area contributed by atoms with Crippen molar-refractivity contribution < 1.29 is 27.9 Å². The van der Waals surface area contributed by atoms with E-state index in [1.165, 1.54) is 24.3 Å². The van der Waals surface area contributed by atoms with Gasteiger partial charge in [0.25, 0.3) is 5.91 Å². The summed E-state index contributed by atoms with van der Waals surface area (Å²) in [4.78, 5) is 23.5. The van der Waals surface area contributed by atoms with E-state index in [-0.39, 0.29) is 25.1 Å². The van der Waals surface area contributed by atoms with Crippen molar-refractivity contribution in [3.05, 3.63) is 71.0 Å². The van der Waals surface area contributed by atoms with E-state index in [0.717, 1.165) is 12.1 Å². The molecule has 1 unspecified atom stereocenters. The molecule has 0 saturated carbocycles. The van der Waals surface area contributed by atoms with Crippen LogP contribution in [0.15, 0.2) is 42.5 Å². The summed E-state index contributed by atoms with van der Waals surface area (Å²) in [6, 6.07) is 7.78. The highest BCUT2D eigenvalue weighted by Crippen LogP contribution is 2.12. The Balaban J connectivity index is 1.73. The predicted octanol–water partition coefficient (Wildman–Crippen LogP) is 2.07. The van der Waals surface area contributed by atoms with Crippen LogP contribution in [0, 0.1) is 17.5 Å². The molecule has 0 fully saturated rings. The van der Waals surface area contributed by atoms with Gasteiger partial charge in [0, 0.05) is 25.6 Å². The van der Waals surface area contributed by atoms with E-state index in [0.29, 0.717) is 11.6 Å². The Labute approximate surface area is 147 Å². The van der Waals surface area contributed by atoms with Gasteiger partial charge in [-0.05, 0) is 29.8 Å². The normalized spacial score (nSPS) is 11.7. The van der Waals surface area contributed by atoms with Gasteiger partial charge in [-0.1, -0.05) is 12.1 Å². The number of hydrogen-bond donors (Lipinski definition) is 3. The van der Waals surface area contributed by atoms with Crippen molar-refractivity contribution >= 4 is 11.8 Å². The molecule has 0 saturated heterocycles. The summed E-state index contributed by atoms with van der Waals surface area (Å²) in [7, 11) is 0. The van der Waals surface area contributed by atoms with Crippen LogP contribution in [0.3, 0.4) is 0 Å². The van der Waals surface area contributed by atoms with Crippen LogP contribution in [0.5, 0.6) is 0 Å². The minimum Gasteiger partial charge on any atom is -0.387 e. The first-order valence-corrected chi connectivity index (χ1v) is 7.80. The van der Waals surface area contributed by atoms with E-state index in [1.807, 2.05) is 0 Å². The topological polar surface area (TPSA) is 78.4 Å². The van der Waals surface area contributed by atoms with Crippen molar-refractivity contribution in [3.8, 4) is 0 Å². The molecule has 0 radical (unpaired) electrons. The lowest BCUT2D eigenvalue weighted by Gasteiger charge is -2.12. The molecule has 0 heterocycles. The zero-order valence-corrected chi connectivity index (χ0v) is 13.6. The second-order valence-electron chi connectivity index (χ2n) is 5.50. The average Bonchev–Trinajstić information content (AvgIpc) is 2.60. The maximum Gasteiger partial charge on any atom is 0.254 e. The SMILES string of the molecule is O=C(CCNC(=O)c1ccc(F)cc1F)NCC(O)c1ccc(F)cc1. The molecule has 2 aromatic carbocycles. The second-order valence-corrected chi connectivity index (χ2v) is 5.50. The van der Waals surface area contributed by atoms with Gasteiger partial charge in [-0.15, -0.1) is 0 Å². The van der Waals surface area contributed by atoms with Crippen molar-refractivity contribution in [3.63, 3.8) is 0 Å². The Morgan fingerprint density at radius 1 is 0.962 bits per heavy atom. The maximum atomic E-state index is 13.5. The van der Waals surface area contributed by atoms with Crippen molar-refractivity contribution in [2.24, 2.45) is 0 Å². The molecule has 8 heteroatoms. The van der Waals surface area contributed by atoms with Crippen LogP contribution in [0.1, 0.15) is 28.4 Å². The Kier molecular flexibility index (Phi) is 6.74. The van der Waals surface area contributed by atoms with Crippen molar-refractivity contribution in [2.45, 2.75) is 12.5 Å². The number of amides is 2. The van der Waals surface area contributed by atoms with Crippen LogP contribution in [0.4, 0.5) is 13.2 Å². The first kappa shape index (κ1) is 19.5. The zero-order valence-electron chi connectivity index (χ0n) is 13.6. The van der Waals surface area contributed by atoms with Crippen LogP contribution >= 0.6 is 0 Å². The number of rotatable bonds is 7. The van der Waals surface area contributed by atoms with Crippen LogP contribution in [0.25, 0.3) is 0 Å². The fraction of sp³-hybridized carbons (Fsp3) is 0.222. The number of halogens is 3. The first-order chi connectivity index (χ1) is 12.4. The van der Waals surface area contributed by atoms with Crippen LogP contribution in [-0.4, -0.2) is 30.0 Å². The molecule has 0 aliphatic rings. The van der Waals surface area contributed by atoms with Gasteiger partial charge in [0.2, 0.25) is 5.91 Å². The lowest BCUT2D eigenvalue weighted by atomic mass is 10.1. The third-order valence-corrected chi connectivity index (χ3v) is 3.56. The standard InChI is InChI=1S/C18H17F3N2O3/c19-12-3-1-11(2-4-12)16(24)10-23-17(25)7-8-22-18(26)14-6-5-13(20)9-15(14)21/h1-6,9,16,24H,7-8,10H2,(H,22,26)(H,23,25). The molecule has 2 aromatic rings. The lowest BCUT2D eigenvalue weighted by molar-refractivity contribution is -0.121. The summed E-state index contributed by atoms with van der Waals surface area (Å²) >= 11 is 0. The number of benzene rings is 2. The molecule has 3 N–H and O–H groups in total. The van der Waals surface area contributed by atoms with Crippen LogP contribution < -0.4 is 10.6 Å². The smallest absolute Gasteiger partial charge is 0.254 e. The molecule has 5 nitrogen and oxygen atoms in total. The average molecular weight is 366 g/mol. The Bertz CT molecular complexity index is 782. The molecule has 2 amide bonds. The Morgan fingerprint density at radius 2 is 1.62 bits per heavy atom. The van der Waals surface area contributed by atoms with Crippen LogP contribution in [0.2, 0.25) is 0 Å². The molecule has 26 heavy (non-hydrogen) atoms. The molecular weight excluding hydrogens is 349 g/mol. The molecule has 0 spiro atoms. The summed E-state index contributed by atoms with van der Waals surface area (Å²) in [5.41, 5.74) is 0.130. The molecule has 0 bridgehead atoms. The van der Waals surface area contributed by atoms with Gasteiger partial charge >= 0.3 is 0 Å². The summed E-state index contributed by atoms with van der Waals surface area (Å²) in [6.07, 6.45) is -1.09. The number of carbonyl (C=O) groups excluding carboxylic acids is 2. The van der Waals surface area contributed by atoms with Gasteiger partial charge in [-0.2, -0.15) is 0 Å². The molecular formula is C18H17F3N2O3. The molecule has 138 valence electrons. The number of nitrogens with one attached hydrogen (secondary N) is 2. The van der Waals surface area contributed by atoms with Gasteiger partial charge in [0.15, 0.2) is 0 Å². The second kappa shape index (κ2) is 9.00. The highest BCUT2D eigenvalue weighted by molar-refractivity contribution is 5.94. The summed E-state index contributed by atoms with van der Waals surface area (Å²) < 4.78 is 39.1. The zero-order chi connectivity index (χ0) is 19.1. The highest BCUT2D eigenvalue weighted by Gasteiger charge is 2.13. The lowest BCUT2D eigenvalue weighted by Crippen LogP contribution is -2.33. The van der Waals surface area contributed by atoms with E-state index in [4.69, 9.17) is 0 Å². The highest BCUT2D eigenvalue weighted by atomic mass is 19.1. The summed E-state index contributed by atoms with van der Waals surface area (Å²) in [6.45, 7) is -0.140. The minimum atomic E-state index is -0.998. The van der Waals surface area contributed by atoms with Gasteiger partial charge in [0.05, 0.1) is 11.7 Å². The Morgan fingerprint density at radius 3 is 2.27 bits per heavy atom. The number of carbonyl (C=O) groups is 2. The van der Waals surface area contributed by atoms with Crippen molar-refractivity contribution in [1.82, 2.24) is 10.6 Å². The van der Waals surface area contributed by atoms with E-state index >= 15 is 0 Å². The fourth-order valence-electron chi connectivity index (χ4n) is 2.16. The third kappa shape index (κ3) is 5.59. The fourth-order valence-corrected chi connectivity index (χ4v) is 2.16.